The number of aromatic nitrogens is 3. The van der Waals surface area contributed by atoms with Gasteiger partial charge in [-0.05, 0) is 19.1 Å². The molecule has 25 heavy (non-hydrogen) atoms. The number of hydrogen-bond donors (Lipinski definition) is 3. The van der Waals surface area contributed by atoms with Gasteiger partial charge in [0.05, 0.1) is 10.6 Å². The van der Waals surface area contributed by atoms with E-state index in [1.165, 1.54) is 18.4 Å². The zero-order valence-electron chi connectivity index (χ0n) is 13.4. The first-order valence-corrected chi connectivity index (χ1v) is 8.66. The number of aryl methyl sites for hydroxylation is 2. The fraction of sp³-hybridized carbons (Fsp3) is 0.133. The highest BCUT2D eigenvalue weighted by atomic mass is 32.2. The number of aromatic amines is 1. The Morgan fingerprint density at radius 1 is 1.24 bits per heavy atom. The van der Waals surface area contributed by atoms with E-state index in [4.69, 9.17) is 10.2 Å². The van der Waals surface area contributed by atoms with Gasteiger partial charge in [0.25, 0.3) is 15.9 Å². The van der Waals surface area contributed by atoms with Crippen LogP contribution in [0.2, 0.25) is 0 Å². The Labute approximate surface area is 143 Å². The molecule has 10 heteroatoms. The Kier molecular flexibility index (Phi) is 4.05. The second-order valence-electron chi connectivity index (χ2n) is 5.32. The number of carbonyl (C=O) groups is 1. The zero-order valence-corrected chi connectivity index (χ0v) is 14.2. The maximum atomic E-state index is 12.5. The van der Waals surface area contributed by atoms with Crippen molar-refractivity contribution in [1.82, 2.24) is 15.2 Å². The molecule has 0 atom stereocenters. The lowest BCUT2D eigenvalue weighted by Gasteiger charge is -2.08. The van der Waals surface area contributed by atoms with Gasteiger partial charge in [0.2, 0.25) is 0 Å². The van der Waals surface area contributed by atoms with Crippen molar-refractivity contribution in [3.8, 4) is 11.3 Å². The first kappa shape index (κ1) is 16.7. The van der Waals surface area contributed by atoms with Gasteiger partial charge in [0.1, 0.15) is 17.6 Å². The summed E-state index contributed by atoms with van der Waals surface area (Å²) >= 11 is 0. The molecule has 0 saturated carbocycles. The fourth-order valence-corrected chi connectivity index (χ4v) is 3.36. The lowest BCUT2D eigenvalue weighted by atomic mass is 10.2. The number of nitrogens with zero attached hydrogens (tertiary/aromatic N) is 2. The van der Waals surface area contributed by atoms with Gasteiger partial charge in [-0.1, -0.05) is 12.1 Å². The number of rotatable bonds is 5. The number of carbonyl (C=O) groups excluding carboxylic acids is 1. The van der Waals surface area contributed by atoms with Crippen molar-refractivity contribution in [1.29, 1.82) is 0 Å². The normalized spacial score (nSPS) is 11.4. The molecule has 0 unspecified atom stereocenters. The third-order valence-corrected chi connectivity index (χ3v) is 4.86. The molecule has 0 radical (unpaired) electrons. The molecule has 9 nitrogen and oxygen atoms in total. The summed E-state index contributed by atoms with van der Waals surface area (Å²) in [6.07, 6.45) is 1.49. The molecule has 0 bridgehead atoms. The Morgan fingerprint density at radius 2 is 1.92 bits per heavy atom. The van der Waals surface area contributed by atoms with E-state index in [0.717, 1.165) is 0 Å². The van der Waals surface area contributed by atoms with Crippen molar-refractivity contribution in [3.63, 3.8) is 0 Å². The minimum absolute atomic E-state index is 0.0208. The Balaban J connectivity index is 1.90. The Morgan fingerprint density at radius 3 is 2.48 bits per heavy atom. The predicted octanol–water partition coefficient (Wildman–Crippen LogP) is 1.58. The first-order valence-electron chi connectivity index (χ1n) is 7.18. The lowest BCUT2D eigenvalue weighted by molar-refractivity contribution is 0.0996. The lowest BCUT2D eigenvalue weighted by Crippen LogP contribution is -2.18. The van der Waals surface area contributed by atoms with Crippen LogP contribution in [0.3, 0.4) is 0 Å². The molecule has 2 heterocycles. The number of nitrogens with two attached hydrogens (primary N) is 1. The minimum Gasteiger partial charge on any atom is -0.449 e. The number of oxazole rings is 1. The van der Waals surface area contributed by atoms with Gasteiger partial charge in [-0.25, -0.2) is 13.4 Å². The van der Waals surface area contributed by atoms with Crippen molar-refractivity contribution < 1.29 is 17.6 Å². The van der Waals surface area contributed by atoms with Crippen LogP contribution < -0.4 is 10.5 Å². The van der Waals surface area contributed by atoms with E-state index in [-0.39, 0.29) is 16.3 Å². The number of H-pyrrole nitrogens is 1. The van der Waals surface area contributed by atoms with Gasteiger partial charge >= 0.3 is 0 Å². The minimum atomic E-state index is -3.92. The second-order valence-corrected chi connectivity index (χ2v) is 7.00. The van der Waals surface area contributed by atoms with Crippen LogP contribution in [-0.2, 0) is 10.0 Å². The summed E-state index contributed by atoms with van der Waals surface area (Å²) in [5.41, 5.74) is 6.77. The number of hydrogen-bond acceptors (Lipinski definition) is 6. The summed E-state index contributed by atoms with van der Waals surface area (Å²) in [6.45, 7) is 3.29. The number of amides is 1. The molecule has 0 aliphatic carbocycles. The molecule has 0 spiro atoms. The van der Waals surface area contributed by atoms with Crippen LogP contribution in [0.15, 0.2) is 39.8 Å². The standard InChI is InChI=1S/C15H15N5O4S/c1-8-13(14(15(16)21)19-18-8)20-25(22,23)11-5-3-10(4-6-11)12-7-24-9(2)17-12/h3-7,20H,1-2H3,(H2,16,21)(H,18,19). The van der Waals surface area contributed by atoms with E-state index in [1.807, 2.05) is 0 Å². The second kappa shape index (κ2) is 6.06. The van der Waals surface area contributed by atoms with E-state index >= 15 is 0 Å². The van der Waals surface area contributed by atoms with E-state index < -0.39 is 15.9 Å². The highest BCUT2D eigenvalue weighted by Crippen LogP contribution is 2.24. The van der Waals surface area contributed by atoms with Crippen molar-refractivity contribution in [2.45, 2.75) is 18.7 Å². The molecule has 130 valence electrons. The van der Waals surface area contributed by atoms with Crippen LogP contribution in [0.1, 0.15) is 22.1 Å². The van der Waals surface area contributed by atoms with Crippen molar-refractivity contribution in [3.05, 3.63) is 47.8 Å². The summed E-state index contributed by atoms with van der Waals surface area (Å²) < 4.78 is 32.6. The molecule has 0 fully saturated rings. The van der Waals surface area contributed by atoms with Crippen LogP contribution in [0.5, 0.6) is 0 Å². The first-order chi connectivity index (χ1) is 11.8. The SMILES string of the molecule is Cc1nc(-c2ccc(S(=O)(=O)Nc3c(C(N)=O)n[nH]c3C)cc2)co1. The average Bonchev–Trinajstić information content (AvgIpc) is 3.14. The number of nitrogens with one attached hydrogen (secondary N) is 2. The van der Waals surface area contributed by atoms with Gasteiger partial charge in [0, 0.05) is 12.5 Å². The van der Waals surface area contributed by atoms with Gasteiger partial charge < -0.3 is 10.2 Å². The molecule has 0 saturated heterocycles. The molecule has 3 rings (SSSR count). The molecule has 1 aromatic carbocycles. The number of benzene rings is 1. The van der Waals surface area contributed by atoms with Gasteiger partial charge in [-0.2, -0.15) is 5.10 Å². The molecule has 1 amide bonds. The van der Waals surface area contributed by atoms with Gasteiger partial charge in [0.15, 0.2) is 11.6 Å². The van der Waals surface area contributed by atoms with Gasteiger partial charge in [-0.15, -0.1) is 0 Å². The predicted molar refractivity (Wildman–Crippen MR) is 89.3 cm³/mol. The maximum Gasteiger partial charge on any atom is 0.271 e. The topological polar surface area (TPSA) is 144 Å². The van der Waals surface area contributed by atoms with Crippen LogP contribution in [0, 0.1) is 13.8 Å². The Bertz CT molecular complexity index is 1030. The highest BCUT2D eigenvalue weighted by molar-refractivity contribution is 7.92. The fourth-order valence-electron chi connectivity index (χ4n) is 2.23. The molecule has 3 aromatic rings. The summed E-state index contributed by atoms with van der Waals surface area (Å²) in [5, 5.41) is 6.23. The zero-order chi connectivity index (χ0) is 18.2. The maximum absolute atomic E-state index is 12.5. The van der Waals surface area contributed by atoms with E-state index in [2.05, 4.69) is 19.9 Å². The number of sulfonamides is 1. The van der Waals surface area contributed by atoms with Crippen molar-refractivity contribution in [2.75, 3.05) is 4.72 Å². The van der Waals surface area contributed by atoms with Crippen LogP contribution in [0.4, 0.5) is 5.69 Å². The van der Waals surface area contributed by atoms with Crippen LogP contribution in [-0.4, -0.2) is 29.5 Å². The average molecular weight is 361 g/mol. The summed E-state index contributed by atoms with van der Waals surface area (Å²) in [6, 6.07) is 6.09. The van der Waals surface area contributed by atoms with Crippen LogP contribution in [0.25, 0.3) is 11.3 Å². The largest absolute Gasteiger partial charge is 0.449 e. The van der Waals surface area contributed by atoms with E-state index in [0.29, 0.717) is 22.8 Å². The molecule has 4 N–H and O–H groups in total. The smallest absolute Gasteiger partial charge is 0.271 e. The molecule has 0 aliphatic rings. The molecular formula is C15H15N5O4S. The molecule has 0 aliphatic heterocycles. The van der Waals surface area contributed by atoms with E-state index in [1.54, 1.807) is 26.0 Å². The summed E-state index contributed by atoms with van der Waals surface area (Å²) in [5.74, 6) is -0.318. The monoisotopic (exact) mass is 361 g/mol. The third kappa shape index (κ3) is 3.24. The number of primary amides is 1. The van der Waals surface area contributed by atoms with Crippen molar-refractivity contribution >= 4 is 21.6 Å². The summed E-state index contributed by atoms with van der Waals surface area (Å²) in [7, 11) is -3.92. The summed E-state index contributed by atoms with van der Waals surface area (Å²) in [4.78, 5) is 15.6. The molecule has 2 aromatic heterocycles. The van der Waals surface area contributed by atoms with Crippen molar-refractivity contribution in [2.24, 2.45) is 5.73 Å². The highest BCUT2D eigenvalue weighted by Gasteiger charge is 2.22. The number of anilines is 1. The van der Waals surface area contributed by atoms with Gasteiger partial charge in [-0.3, -0.25) is 14.6 Å². The Hall–Kier alpha value is -3.14. The quantitative estimate of drug-likeness (QED) is 0.629. The van der Waals surface area contributed by atoms with Crippen LogP contribution >= 0.6 is 0 Å². The van der Waals surface area contributed by atoms with E-state index in [9.17, 15) is 13.2 Å². The molecular weight excluding hydrogens is 346 g/mol. The third-order valence-electron chi connectivity index (χ3n) is 3.50.